The van der Waals surface area contributed by atoms with Gasteiger partial charge in [-0.05, 0) is 37.1 Å². The molecule has 0 fully saturated rings. The Morgan fingerprint density at radius 1 is 1.08 bits per heavy atom. The number of rotatable bonds is 10. The number of carbonyl (C=O) groups excluding carboxylic acids is 2. The molecule has 0 saturated heterocycles. The number of hydrogen-bond donors (Lipinski definition) is 3. The lowest BCUT2D eigenvalue weighted by atomic mass is 9.96. The Morgan fingerprint density at radius 3 is 2.25 bits per heavy atom. The van der Waals surface area contributed by atoms with Gasteiger partial charge in [0.15, 0.2) is 0 Å². The molecule has 0 heterocycles. The van der Waals surface area contributed by atoms with E-state index in [1.807, 2.05) is 20.8 Å². The van der Waals surface area contributed by atoms with Crippen LogP contribution in [0.15, 0.2) is 24.3 Å². The lowest BCUT2D eigenvalue weighted by molar-refractivity contribution is -0.120. The lowest BCUT2D eigenvalue weighted by Crippen LogP contribution is -2.41. The normalized spacial score (nSPS) is 11.9. The number of aliphatic hydroxyl groups excluding tert-OH is 1. The number of aliphatic hydroxyl groups is 1. The maximum absolute atomic E-state index is 12.0. The molecule has 2 amide bonds. The third-order valence-electron chi connectivity index (χ3n) is 3.94. The third kappa shape index (κ3) is 6.58. The van der Waals surface area contributed by atoms with Crippen LogP contribution in [0.3, 0.4) is 0 Å². The van der Waals surface area contributed by atoms with E-state index in [9.17, 15) is 14.7 Å². The van der Waals surface area contributed by atoms with Crippen molar-refractivity contribution in [3.05, 3.63) is 29.8 Å². The average molecular weight is 336 g/mol. The van der Waals surface area contributed by atoms with Crippen LogP contribution in [0.1, 0.15) is 44.0 Å². The van der Waals surface area contributed by atoms with Crippen LogP contribution in [0.5, 0.6) is 5.75 Å². The van der Waals surface area contributed by atoms with Gasteiger partial charge in [-0.25, -0.2) is 0 Å². The molecule has 0 bridgehead atoms. The minimum Gasteiger partial charge on any atom is -0.494 e. The molecular formula is C18H28N2O4. The Kier molecular flexibility index (Phi) is 8.86. The van der Waals surface area contributed by atoms with Gasteiger partial charge in [0.2, 0.25) is 5.91 Å². The monoisotopic (exact) mass is 336 g/mol. The highest BCUT2D eigenvalue weighted by atomic mass is 16.5. The average Bonchev–Trinajstić information content (AvgIpc) is 2.59. The van der Waals surface area contributed by atoms with E-state index in [1.165, 1.54) is 0 Å². The van der Waals surface area contributed by atoms with Crippen LogP contribution in [0.4, 0.5) is 0 Å². The van der Waals surface area contributed by atoms with Crippen LogP contribution in [0.25, 0.3) is 0 Å². The van der Waals surface area contributed by atoms with Gasteiger partial charge >= 0.3 is 0 Å². The summed E-state index contributed by atoms with van der Waals surface area (Å²) in [5.74, 6) is 0.221. The van der Waals surface area contributed by atoms with Crippen LogP contribution in [-0.4, -0.2) is 42.7 Å². The molecule has 1 rings (SSSR count). The highest BCUT2D eigenvalue weighted by Crippen LogP contribution is 2.12. The van der Waals surface area contributed by atoms with Gasteiger partial charge in [0.1, 0.15) is 5.75 Å². The van der Waals surface area contributed by atoms with Gasteiger partial charge in [-0.1, -0.05) is 26.7 Å². The standard InChI is InChI=1S/C18H28N2O4/c1-4-13(5-2)16(21)11-19-17(22)12-20-18(23)14-7-9-15(10-8-14)24-6-3/h7-10,13,16,21H,4-6,11-12H2,1-3H3,(H,19,22)(H,20,23)/t16-/m0/s1. The molecule has 24 heavy (non-hydrogen) atoms. The van der Waals surface area contributed by atoms with Crippen molar-refractivity contribution < 1.29 is 19.4 Å². The first-order valence-corrected chi connectivity index (χ1v) is 8.47. The first-order chi connectivity index (χ1) is 11.5. The SMILES string of the molecule is CCOc1ccc(C(=O)NCC(=O)NC[C@H](O)C(CC)CC)cc1. The van der Waals surface area contributed by atoms with Crippen molar-refractivity contribution >= 4 is 11.8 Å². The zero-order valence-electron chi connectivity index (χ0n) is 14.7. The van der Waals surface area contributed by atoms with E-state index in [0.29, 0.717) is 17.9 Å². The van der Waals surface area contributed by atoms with Crippen molar-refractivity contribution in [3.8, 4) is 5.75 Å². The molecule has 1 aromatic rings. The Morgan fingerprint density at radius 2 is 1.71 bits per heavy atom. The predicted molar refractivity (Wildman–Crippen MR) is 93.0 cm³/mol. The van der Waals surface area contributed by atoms with Crippen LogP contribution in [0.2, 0.25) is 0 Å². The van der Waals surface area contributed by atoms with E-state index in [0.717, 1.165) is 12.8 Å². The van der Waals surface area contributed by atoms with E-state index in [1.54, 1.807) is 24.3 Å². The van der Waals surface area contributed by atoms with E-state index < -0.39 is 6.10 Å². The molecular weight excluding hydrogens is 308 g/mol. The van der Waals surface area contributed by atoms with Gasteiger partial charge in [-0.3, -0.25) is 9.59 Å². The number of hydrogen-bond acceptors (Lipinski definition) is 4. The molecule has 0 unspecified atom stereocenters. The molecule has 6 heteroatoms. The predicted octanol–water partition coefficient (Wildman–Crippen LogP) is 1.73. The van der Waals surface area contributed by atoms with Gasteiger partial charge < -0.3 is 20.5 Å². The van der Waals surface area contributed by atoms with Gasteiger partial charge in [0.05, 0.1) is 19.3 Å². The van der Waals surface area contributed by atoms with Gasteiger partial charge in [0, 0.05) is 12.1 Å². The van der Waals surface area contributed by atoms with Crippen LogP contribution in [0, 0.1) is 5.92 Å². The molecule has 0 aliphatic carbocycles. The summed E-state index contributed by atoms with van der Waals surface area (Å²) in [5, 5.41) is 15.2. The molecule has 134 valence electrons. The number of ether oxygens (including phenoxy) is 1. The molecule has 0 saturated carbocycles. The molecule has 3 N–H and O–H groups in total. The number of amides is 2. The van der Waals surface area contributed by atoms with Crippen LogP contribution < -0.4 is 15.4 Å². The number of nitrogens with one attached hydrogen (secondary N) is 2. The fourth-order valence-electron chi connectivity index (χ4n) is 2.41. The lowest BCUT2D eigenvalue weighted by Gasteiger charge is -2.20. The van der Waals surface area contributed by atoms with Crippen molar-refractivity contribution in [2.45, 2.75) is 39.7 Å². The first-order valence-electron chi connectivity index (χ1n) is 8.47. The molecule has 6 nitrogen and oxygen atoms in total. The van der Waals surface area contributed by atoms with Crippen molar-refractivity contribution in [2.75, 3.05) is 19.7 Å². The Bertz CT molecular complexity index is 512. The fourth-order valence-corrected chi connectivity index (χ4v) is 2.41. The molecule has 0 aromatic heterocycles. The van der Waals surface area contributed by atoms with Crippen molar-refractivity contribution in [1.82, 2.24) is 10.6 Å². The van der Waals surface area contributed by atoms with Crippen molar-refractivity contribution in [1.29, 1.82) is 0 Å². The smallest absolute Gasteiger partial charge is 0.251 e. The largest absolute Gasteiger partial charge is 0.494 e. The topological polar surface area (TPSA) is 87.7 Å². The zero-order chi connectivity index (χ0) is 17.9. The van der Waals surface area contributed by atoms with Crippen molar-refractivity contribution in [3.63, 3.8) is 0 Å². The molecule has 0 aliphatic heterocycles. The second-order valence-corrected chi connectivity index (χ2v) is 5.59. The minimum atomic E-state index is -0.564. The summed E-state index contributed by atoms with van der Waals surface area (Å²) in [6.45, 7) is 6.55. The maximum Gasteiger partial charge on any atom is 0.251 e. The Hall–Kier alpha value is -2.08. The van der Waals surface area contributed by atoms with E-state index in [4.69, 9.17) is 4.74 Å². The fraction of sp³-hybridized carbons (Fsp3) is 0.556. The second kappa shape index (κ2) is 10.6. The molecule has 0 spiro atoms. The van der Waals surface area contributed by atoms with Gasteiger partial charge in [-0.2, -0.15) is 0 Å². The summed E-state index contributed by atoms with van der Waals surface area (Å²) in [5.41, 5.74) is 0.461. The van der Waals surface area contributed by atoms with Crippen LogP contribution >= 0.6 is 0 Å². The highest BCUT2D eigenvalue weighted by molar-refractivity contribution is 5.96. The van der Waals surface area contributed by atoms with E-state index in [-0.39, 0.29) is 30.8 Å². The summed E-state index contributed by atoms with van der Waals surface area (Å²) >= 11 is 0. The number of benzene rings is 1. The summed E-state index contributed by atoms with van der Waals surface area (Å²) < 4.78 is 5.31. The van der Waals surface area contributed by atoms with Gasteiger partial charge in [0.25, 0.3) is 5.91 Å². The van der Waals surface area contributed by atoms with E-state index in [2.05, 4.69) is 10.6 Å². The number of carbonyl (C=O) groups is 2. The maximum atomic E-state index is 12.0. The first kappa shape index (κ1) is 20.0. The third-order valence-corrected chi connectivity index (χ3v) is 3.94. The quantitative estimate of drug-likeness (QED) is 0.607. The summed E-state index contributed by atoms with van der Waals surface area (Å²) in [7, 11) is 0. The summed E-state index contributed by atoms with van der Waals surface area (Å²) in [6, 6.07) is 6.72. The van der Waals surface area contributed by atoms with Gasteiger partial charge in [-0.15, -0.1) is 0 Å². The Labute approximate surface area is 143 Å². The highest BCUT2D eigenvalue weighted by Gasteiger charge is 2.16. The molecule has 0 radical (unpaired) electrons. The molecule has 1 aromatic carbocycles. The van der Waals surface area contributed by atoms with Crippen molar-refractivity contribution in [2.24, 2.45) is 5.92 Å². The molecule has 1 atom stereocenters. The van der Waals surface area contributed by atoms with E-state index >= 15 is 0 Å². The summed E-state index contributed by atoms with van der Waals surface area (Å²) in [4.78, 5) is 23.7. The Balaban J connectivity index is 2.36. The second-order valence-electron chi connectivity index (χ2n) is 5.59. The van der Waals surface area contributed by atoms with Crippen LogP contribution in [-0.2, 0) is 4.79 Å². The summed E-state index contributed by atoms with van der Waals surface area (Å²) in [6.07, 6.45) is 1.16. The molecule has 0 aliphatic rings. The minimum absolute atomic E-state index is 0.123. The zero-order valence-corrected chi connectivity index (χ0v) is 14.7.